The van der Waals surface area contributed by atoms with Crippen molar-refractivity contribution in [3.05, 3.63) is 53.4 Å². The summed E-state index contributed by atoms with van der Waals surface area (Å²) in [6, 6.07) is 10.2. The molecule has 4 nitrogen and oxygen atoms in total. The molecular formula is C15H15BN3O+. The van der Waals surface area contributed by atoms with E-state index in [1.54, 1.807) is 0 Å². The highest BCUT2D eigenvalue weighted by Gasteiger charge is 2.36. The van der Waals surface area contributed by atoms with Crippen molar-refractivity contribution in [1.29, 1.82) is 0 Å². The van der Waals surface area contributed by atoms with Gasteiger partial charge in [0.15, 0.2) is 6.20 Å². The zero-order chi connectivity index (χ0) is 13.7. The van der Waals surface area contributed by atoms with Crippen LogP contribution in [0.4, 0.5) is 0 Å². The summed E-state index contributed by atoms with van der Waals surface area (Å²) in [5.74, 6) is 2.16. The summed E-state index contributed by atoms with van der Waals surface area (Å²) in [6.07, 6.45) is 6.26. The number of para-hydroxylation sites is 1. The molecule has 1 aromatic carbocycles. The van der Waals surface area contributed by atoms with Crippen molar-refractivity contribution in [3.63, 3.8) is 0 Å². The largest absolute Gasteiger partial charge is 0.672 e. The summed E-state index contributed by atoms with van der Waals surface area (Å²) in [4.78, 5) is 2.20. The third-order valence-corrected chi connectivity index (χ3v) is 3.89. The Balaban J connectivity index is 1.98. The number of nitrogens with zero attached hydrogens (tertiary/aromatic N) is 3. The van der Waals surface area contributed by atoms with Crippen molar-refractivity contribution in [3.8, 4) is 0 Å². The van der Waals surface area contributed by atoms with E-state index in [4.69, 9.17) is 4.42 Å². The summed E-state index contributed by atoms with van der Waals surface area (Å²) in [6.45, 7) is 0.128. The third-order valence-electron chi connectivity index (χ3n) is 3.89. The van der Waals surface area contributed by atoms with Gasteiger partial charge in [-0.2, -0.15) is 9.27 Å². The van der Waals surface area contributed by atoms with Crippen LogP contribution < -0.4 is 15.2 Å². The molecule has 4 rings (SSSR count). The topological polar surface area (TPSA) is 25.2 Å². The van der Waals surface area contributed by atoms with Crippen molar-refractivity contribution in [2.24, 2.45) is 7.05 Å². The molecule has 0 saturated heterocycles. The van der Waals surface area contributed by atoms with Crippen molar-refractivity contribution in [2.45, 2.75) is 0 Å². The molecular weight excluding hydrogens is 249 g/mol. The maximum atomic E-state index is 5.97. The second kappa shape index (κ2) is 4.03. The van der Waals surface area contributed by atoms with Gasteiger partial charge in [-0.3, -0.25) is 0 Å². The average Bonchev–Trinajstić information content (AvgIpc) is 3.01. The molecule has 0 unspecified atom stereocenters. The first-order valence-corrected chi connectivity index (χ1v) is 6.70. The molecule has 0 aliphatic carbocycles. The first-order chi connectivity index (χ1) is 9.74. The highest BCUT2D eigenvalue weighted by Crippen LogP contribution is 2.08. The SMILES string of the molecule is CN1C=c2c(oc3ccccc23)=CB1[n+]1cccn1C. The zero-order valence-electron chi connectivity index (χ0n) is 11.5. The van der Waals surface area contributed by atoms with Crippen LogP contribution in [0.5, 0.6) is 0 Å². The van der Waals surface area contributed by atoms with Gasteiger partial charge < -0.3 is 9.23 Å². The van der Waals surface area contributed by atoms with Crippen LogP contribution >= 0.6 is 0 Å². The first kappa shape index (κ1) is 11.4. The highest BCUT2D eigenvalue weighted by atomic mass is 16.3. The van der Waals surface area contributed by atoms with Crippen molar-refractivity contribution >= 4 is 30.1 Å². The number of furan rings is 1. The van der Waals surface area contributed by atoms with Crippen LogP contribution in [-0.2, 0) is 7.05 Å². The smallest absolute Gasteiger partial charge is 0.457 e. The maximum Gasteiger partial charge on any atom is 0.672 e. The van der Waals surface area contributed by atoms with Crippen LogP contribution in [0.1, 0.15) is 0 Å². The predicted molar refractivity (Wildman–Crippen MR) is 78.9 cm³/mol. The lowest BCUT2D eigenvalue weighted by Gasteiger charge is -2.15. The normalized spacial score (nSPS) is 14.1. The van der Waals surface area contributed by atoms with E-state index in [9.17, 15) is 0 Å². The average molecular weight is 264 g/mol. The Labute approximate surface area is 116 Å². The van der Waals surface area contributed by atoms with Crippen molar-refractivity contribution in [1.82, 2.24) is 9.49 Å². The molecule has 0 radical (unpaired) electrons. The van der Waals surface area contributed by atoms with E-state index in [2.05, 4.69) is 45.6 Å². The molecule has 3 heterocycles. The van der Waals surface area contributed by atoms with Crippen LogP contribution in [0.15, 0.2) is 47.1 Å². The van der Waals surface area contributed by atoms with Crippen LogP contribution in [0, 0.1) is 0 Å². The molecule has 0 amide bonds. The quantitative estimate of drug-likeness (QED) is 0.582. The fourth-order valence-electron chi connectivity index (χ4n) is 2.85. The van der Waals surface area contributed by atoms with Gasteiger partial charge in [0.2, 0.25) is 0 Å². The molecule has 0 spiro atoms. The van der Waals surface area contributed by atoms with Gasteiger partial charge in [0.25, 0.3) is 0 Å². The molecule has 1 aliphatic heterocycles. The lowest BCUT2D eigenvalue weighted by atomic mass is 9.73. The van der Waals surface area contributed by atoms with Crippen LogP contribution in [0.3, 0.4) is 0 Å². The summed E-state index contributed by atoms with van der Waals surface area (Å²) in [5, 5.41) is 2.33. The van der Waals surface area contributed by atoms with Gasteiger partial charge in [-0.1, -0.05) is 18.2 Å². The minimum absolute atomic E-state index is 0.128. The summed E-state index contributed by atoms with van der Waals surface area (Å²) in [5.41, 5.74) is 1.89. The molecule has 98 valence electrons. The maximum absolute atomic E-state index is 5.97. The number of aromatic nitrogens is 2. The number of benzene rings is 1. The molecule has 2 aromatic heterocycles. The van der Waals surface area contributed by atoms with E-state index in [1.807, 2.05) is 37.5 Å². The molecule has 0 N–H and O–H groups in total. The minimum atomic E-state index is 0.128. The molecule has 0 fully saturated rings. The Morgan fingerprint density at radius 2 is 2.00 bits per heavy atom. The van der Waals surface area contributed by atoms with E-state index >= 15 is 0 Å². The molecule has 1 aliphatic rings. The molecule has 20 heavy (non-hydrogen) atoms. The monoisotopic (exact) mass is 264 g/mol. The molecule has 0 saturated carbocycles. The number of rotatable bonds is 1. The number of hydrogen-bond donors (Lipinski definition) is 0. The summed E-state index contributed by atoms with van der Waals surface area (Å²) < 4.78 is 10.2. The second-order valence-electron chi connectivity index (χ2n) is 5.20. The minimum Gasteiger partial charge on any atom is -0.457 e. The Bertz CT molecular complexity index is 909. The van der Waals surface area contributed by atoms with E-state index < -0.39 is 0 Å². The van der Waals surface area contributed by atoms with E-state index in [0.717, 1.165) is 16.2 Å². The van der Waals surface area contributed by atoms with Crippen LogP contribution in [0.2, 0.25) is 0 Å². The predicted octanol–water partition coefficient (Wildman–Crippen LogP) is 0.0984. The van der Waals surface area contributed by atoms with Crippen molar-refractivity contribution in [2.75, 3.05) is 7.05 Å². The standard InChI is InChI=1S/C15H15BN3O/c1-17-11-13-12-6-3-4-7-14(12)20-15(13)10-16(17)19-9-5-8-18(19)2/h3-11H,1-2H3/q+1. The van der Waals surface area contributed by atoms with Gasteiger partial charge in [-0.05, 0) is 13.1 Å². The molecule has 3 aromatic rings. The van der Waals surface area contributed by atoms with Gasteiger partial charge in [-0.15, -0.1) is 0 Å². The fourth-order valence-corrected chi connectivity index (χ4v) is 2.85. The van der Waals surface area contributed by atoms with Gasteiger partial charge in [0.1, 0.15) is 11.0 Å². The van der Waals surface area contributed by atoms with Gasteiger partial charge in [0, 0.05) is 28.8 Å². The van der Waals surface area contributed by atoms with E-state index in [-0.39, 0.29) is 6.98 Å². The van der Waals surface area contributed by atoms with Gasteiger partial charge in [-0.25, -0.2) is 0 Å². The molecule has 0 bridgehead atoms. The number of fused-ring (bicyclic) bond motifs is 3. The van der Waals surface area contributed by atoms with Crippen molar-refractivity contribution < 1.29 is 9.01 Å². The molecule has 5 heteroatoms. The lowest BCUT2D eigenvalue weighted by molar-refractivity contribution is -0.632. The summed E-state index contributed by atoms with van der Waals surface area (Å²) in [7, 11) is 4.13. The van der Waals surface area contributed by atoms with Crippen LogP contribution in [-0.4, -0.2) is 23.5 Å². The Hall–Kier alpha value is -2.43. The van der Waals surface area contributed by atoms with E-state index in [1.165, 1.54) is 5.39 Å². The third kappa shape index (κ3) is 1.53. The Morgan fingerprint density at radius 3 is 2.80 bits per heavy atom. The Kier molecular flexibility index (Phi) is 2.30. The fraction of sp³-hybridized carbons (Fsp3) is 0.133. The number of aryl methyl sites for hydroxylation is 1. The van der Waals surface area contributed by atoms with Gasteiger partial charge in [0.05, 0.1) is 13.2 Å². The molecule has 0 atom stereocenters. The van der Waals surface area contributed by atoms with Crippen LogP contribution in [0.25, 0.3) is 23.1 Å². The lowest BCUT2D eigenvalue weighted by Crippen LogP contribution is -2.64. The first-order valence-electron chi connectivity index (χ1n) is 6.70. The highest BCUT2D eigenvalue weighted by molar-refractivity contribution is 6.63. The number of hydrogen-bond acceptors (Lipinski definition) is 2. The van der Waals surface area contributed by atoms with E-state index in [0.29, 0.717) is 0 Å². The zero-order valence-corrected chi connectivity index (χ0v) is 11.5. The Morgan fingerprint density at radius 1 is 1.15 bits per heavy atom. The second-order valence-corrected chi connectivity index (χ2v) is 5.20. The summed E-state index contributed by atoms with van der Waals surface area (Å²) >= 11 is 0. The van der Waals surface area contributed by atoms with Gasteiger partial charge >= 0.3 is 6.98 Å².